The summed E-state index contributed by atoms with van der Waals surface area (Å²) in [7, 11) is 1.38. The van der Waals surface area contributed by atoms with Gasteiger partial charge in [0.15, 0.2) is 0 Å². The number of nitrogens with zero attached hydrogens (tertiary/aromatic N) is 3. The lowest BCUT2D eigenvalue weighted by Gasteiger charge is -2.08. The highest BCUT2D eigenvalue weighted by Crippen LogP contribution is 2.23. The van der Waals surface area contributed by atoms with Crippen LogP contribution in [0.5, 0.6) is 0 Å². The van der Waals surface area contributed by atoms with Crippen LogP contribution in [0.25, 0.3) is 22.4 Å². The van der Waals surface area contributed by atoms with Crippen molar-refractivity contribution in [2.75, 3.05) is 0 Å². The Labute approximate surface area is 178 Å². The average Bonchev–Trinajstić information content (AvgIpc) is 3.16. The van der Waals surface area contributed by atoms with Crippen molar-refractivity contribution < 1.29 is 4.79 Å². The minimum atomic E-state index is -0.525. The van der Waals surface area contributed by atoms with E-state index in [1.54, 1.807) is 0 Å². The zero-order chi connectivity index (χ0) is 22.1. The molecule has 2 aromatic heterocycles. The maximum atomic E-state index is 12.2. The summed E-state index contributed by atoms with van der Waals surface area (Å²) in [6.07, 6.45) is 1.33. The molecular formula is C23H23N5O3. The Morgan fingerprint density at radius 1 is 1.06 bits per heavy atom. The Kier molecular flexibility index (Phi) is 5.29. The molecule has 0 saturated carbocycles. The molecule has 0 aliphatic rings. The van der Waals surface area contributed by atoms with Crippen molar-refractivity contribution in [1.29, 1.82) is 0 Å². The molecule has 2 heterocycles. The van der Waals surface area contributed by atoms with Gasteiger partial charge in [0, 0.05) is 31.4 Å². The molecule has 1 amide bonds. The zero-order valence-electron chi connectivity index (χ0n) is 17.6. The molecule has 4 aromatic rings. The average molecular weight is 417 g/mol. The highest BCUT2D eigenvalue weighted by atomic mass is 16.2. The van der Waals surface area contributed by atoms with Gasteiger partial charge in [-0.1, -0.05) is 24.3 Å². The molecule has 8 heteroatoms. The minimum absolute atomic E-state index is 0.150. The molecule has 0 saturated heterocycles. The van der Waals surface area contributed by atoms with Crippen LogP contribution in [0.3, 0.4) is 0 Å². The van der Waals surface area contributed by atoms with Gasteiger partial charge in [0.25, 0.3) is 5.56 Å². The van der Waals surface area contributed by atoms with Gasteiger partial charge in [-0.15, -0.1) is 0 Å². The van der Waals surface area contributed by atoms with Crippen LogP contribution in [0.2, 0.25) is 0 Å². The van der Waals surface area contributed by atoms with E-state index < -0.39 is 11.2 Å². The Balaban J connectivity index is 1.42. The Morgan fingerprint density at radius 2 is 1.77 bits per heavy atom. The molecule has 31 heavy (non-hydrogen) atoms. The fraction of sp³-hybridized carbons (Fsp3) is 0.217. The van der Waals surface area contributed by atoms with Crippen molar-refractivity contribution >= 4 is 16.9 Å². The number of carbonyl (C=O) groups excluding carboxylic acids is 1. The Hall–Kier alpha value is -3.94. The van der Waals surface area contributed by atoms with E-state index in [4.69, 9.17) is 0 Å². The van der Waals surface area contributed by atoms with Crippen molar-refractivity contribution in [2.45, 2.75) is 26.9 Å². The summed E-state index contributed by atoms with van der Waals surface area (Å²) >= 11 is 0. The molecule has 4 rings (SSSR count). The van der Waals surface area contributed by atoms with Gasteiger partial charge in [0.05, 0.1) is 11.0 Å². The number of fused-ring (bicyclic) bond motifs is 1. The van der Waals surface area contributed by atoms with Crippen LogP contribution in [0, 0.1) is 13.8 Å². The van der Waals surface area contributed by atoms with Crippen molar-refractivity contribution in [3.8, 4) is 11.4 Å². The molecule has 0 radical (unpaired) electrons. The molecule has 0 aliphatic heterocycles. The first kappa shape index (κ1) is 20.3. The number of rotatable bonds is 5. The summed E-state index contributed by atoms with van der Waals surface area (Å²) in [5.74, 6) is 0.484. The van der Waals surface area contributed by atoms with E-state index >= 15 is 0 Å². The van der Waals surface area contributed by atoms with Gasteiger partial charge in [0.1, 0.15) is 12.4 Å². The fourth-order valence-electron chi connectivity index (χ4n) is 3.33. The van der Waals surface area contributed by atoms with Gasteiger partial charge in [-0.3, -0.25) is 18.7 Å². The van der Waals surface area contributed by atoms with Crippen LogP contribution in [-0.2, 0) is 24.9 Å². The molecular weight excluding hydrogens is 394 g/mol. The molecule has 0 spiro atoms. The van der Waals surface area contributed by atoms with Crippen LogP contribution in [-0.4, -0.2) is 25.0 Å². The number of aromatic nitrogens is 4. The van der Waals surface area contributed by atoms with E-state index in [2.05, 4.69) is 41.3 Å². The predicted octanol–water partition coefficient (Wildman–Crippen LogP) is 2.02. The molecule has 2 N–H and O–H groups in total. The van der Waals surface area contributed by atoms with E-state index in [1.807, 2.05) is 24.3 Å². The normalized spacial score (nSPS) is 11.1. The smallest absolute Gasteiger partial charge is 0.331 e. The van der Waals surface area contributed by atoms with Gasteiger partial charge in [-0.25, -0.2) is 9.78 Å². The summed E-state index contributed by atoms with van der Waals surface area (Å²) in [5, 5.41) is 2.79. The second kappa shape index (κ2) is 8.06. The second-order valence-electron chi connectivity index (χ2n) is 7.64. The Bertz CT molecular complexity index is 1350. The Morgan fingerprint density at radius 3 is 2.52 bits per heavy atom. The first-order chi connectivity index (χ1) is 14.8. The third-order valence-corrected chi connectivity index (χ3v) is 5.39. The van der Waals surface area contributed by atoms with Crippen LogP contribution in [0.1, 0.15) is 16.7 Å². The summed E-state index contributed by atoms with van der Waals surface area (Å²) in [6.45, 7) is 4.33. The minimum Gasteiger partial charge on any atom is -0.350 e. The summed E-state index contributed by atoms with van der Waals surface area (Å²) in [4.78, 5) is 43.7. The van der Waals surface area contributed by atoms with Crippen molar-refractivity contribution in [1.82, 2.24) is 24.4 Å². The van der Waals surface area contributed by atoms with Crippen molar-refractivity contribution in [3.05, 3.63) is 86.2 Å². The maximum Gasteiger partial charge on any atom is 0.331 e. The quantitative estimate of drug-likeness (QED) is 0.519. The molecule has 0 bridgehead atoms. The lowest BCUT2D eigenvalue weighted by molar-refractivity contribution is -0.121. The number of amides is 1. The molecule has 0 aliphatic carbocycles. The number of hydrogen-bond donors (Lipinski definition) is 2. The van der Waals surface area contributed by atoms with Gasteiger partial charge in [-0.05, 0) is 42.7 Å². The summed E-state index contributed by atoms with van der Waals surface area (Å²) in [6, 6.07) is 13.2. The number of benzene rings is 2. The van der Waals surface area contributed by atoms with E-state index in [1.165, 1.54) is 35.0 Å². The fourth-order valence-corrected chi connectivity index (χ4v) is 3.33. The van der Waals surface area contributed by atoms with E-state index in [0.717, 1.165) is 32.6 Å². The number of H-pyrrole nitrogens is 1. The third-order valence-electron chi connectivity index (χ3n) is 5.39. The predicted molar refractivity (Wildman–Crippen MR) is 119 cm³/mol. The zero-order valence-corrected chi connectivity index (χ0v) is 17.6. The SMILES string of the molecule is Cc1cc2nc(-c3ccc(CNC(=O)Cn4ccc(=O)n(C)c4=O)cc3)[nH]c2cc1C. The number of imidazole rings is 1. The third kappa shape index (κ3) is 4.18. The number of nitrogens with one attached hydrogen (secondary N) is 2. The first-order valence-electron chi connectivity index (χ1n) is 9.91. The summed E-state index contributed by atoms with van der Waals surface area (Å²) in [5.41, 5.74) is 5.31. The largest absolute Gasteiger partial charge is 0.350 e. The molecule has 2 aromatic carbocycles. The number of aromatic amines is 1. The standard InChI is InChI=1S/C23H23N5O3/c1-14-10-18-19(11-15(14)2)26-22(25-18)17-6-4-16(5-7-17)12-24-20(29)13-28-9-8-21(30)27(3)23(28)31/h4-11H,12-13H2,1-3H3,(H,24,29)(H,25,26). The van der Waals surface area contributed by atoms with Crippen LogP contribution in [0.4, 0.5) is 0 Å². The van der Waals surface area contributed by atoms with Crippen LogP contribution in [0.15, 0.2) is 58.3 Å². The molecule has 0 fully saturated rings. The van der Waals surface area contributed by atoms with E-state index in [-0.39, 0.29) is 12.5 Å². The molecule has 8 nitrogen and oxygen atoms in total. The summed E-state index contributed by atoms with van der Waals surface area (Å²) < 4.78 is 2.16. The highest BCUT2D eigenvalue weighted by molar-refractivity contribution is 5.81. The van der Waals surface area contributed by atoms with E-state index in [9.17, 15) is 14.4 Å². The molecule has 0 atom stereocenters. The molecule has 0 unspecified atom stereocenters. The van der Waals surface area contributed by atoms with Crippen molar-refractivity contribution in [3.63, 3.8) is 0 Å². The number of aryl methyl sites for hydroxylation is 2. The number of hydrogen-bond acceptors (Lipinski definition) is 4. The van der Waals surface area contributed by atoms with Crippen LogP contribution < -0.4 is 16.6 Å². The lowest BCUT2D eigenvalue weighted by Crippen LogP contribution is -2.40. The monoisotopic (exact) mass is 417 g/mol. The van der Waals surface area contributed by atoms with Gasteiger partial charge in [0.2, 0.25) is 5.91 Å². The van der Waals surface area contributed by atoms with Crippen molar-refractivity contribution in [2.24, 2.45) is 7.05 Å². The highest BCUT2D eigenvalue weighted by Gasteiger charge is 2.09. The number of carbonyl (C=O) groups is 1. The van der Waals surface area contributed by atoms with Gasteiger partial charge < -0.3 is 10.3 Å². The topological polar surface area (TPSA) is 102 Å². The second-order valence-corrected chi connectivity index (χ2v) is 7.64. The van der Waals surface area contributed by atoms with E-state index in [0.29, 0.717) is 6.54 Å². The van der Waals surface area contributed by atoms with Gasteiger partial charge in [-0.2, -0.15) is 0 Å². The van der Waals surface area contributed by atoms with Crippen LogP contribution >= 0.6 is 0 Å². The maximum absolute atomic E-state index is 12.2. The van der Waals surface area contributed by atoms with Gasteiger partial charge >= 0.3 is 5.69 Å². The lowest BCUT2D eigenvalue weighted by atomic mass is 10.1. The molecule has 158 valence electrons. The first-order valence-corrected chi connectivity index (χ1v) is 9.91.